The predicted molar refractivity (Wildman–Crippen MR) is 92.3 cm³/mol. The van der Waals surface area contributed by atoms with Crippen molar-refractivity contribution in [2.45, 2.75) is 38.5 Å². The van der Waals surface area contributed by atoms with Crippen LogP contribution in [0.4, 0.5) is 0 Å². The highest BCUT2D eigenvalue weighted by Gasteiger charge is 2.36. The molecule has 3 rings (SSSR count). The minimum Gasteiger partial charge on any atom is -0.316 e. The molecule has 2 heterocycles. The van der Waals surface area contributed by atoms with E-state index >= 15 is 0 Å². The van der Waals surface area contributed by atoms with E-state index in [4.69, 9.17) is 0 Å². The number of benzene rings is 1. The summed E-state index contributed by atoms with van der Waals surface area (Å²) < 4.78 is 0. The molecule has 0 radical (unpaired) electrons. The maximum atomic E-state index is 3.53. The number of likely N-dealkylation sites (tertiary alicyclic amines) is 1. The fourth-order valence-corrected chi connectivity index (χ4v) is 4.10. The Morgan fingerprint density at radius 1 is 1.14 bits per heavy atom. The van der Waals surface area contributed by atoms with Crippen molar-refractivity contribution in [3.8, 4) is 0 Å². The van der Waals surface area contributed by atoms with Gasteiger partial charge in [0.15, 0.2) is 0 Å². The van der Waals surface area contributed by atoms with Crippen molar-refractivity contribution in [2.75, 3.05) is 32.7 Å². The molecule has 0 bridgehead atoms. The molecule has 118 valence electrons. The lowest BCUT2D eigenvalue weighted by Gasteiger charge is -2.43. The van der Waals surface area contributed by atoms with Gasteiger partial charge >= 0.3 is 0 Å². The number of halogens is 1. The van der Waals surface area contributed by atoms with E-state index in [1.807, 2.05) is 0 Å². The molecule has 2 fully saturated rings. The van der Waals surface area contributed by atoms with Crippen LogP contribution in [0.2, 0.25) is 0 Å². The van der Waals surface area contributed by atoms with Crippen LogP contribution >= 0.6 is 12.4 Å². The Kier molecular flexibility index (Phi) is 5.34. The van der Waals surface area contributed by atoms with Gasteiger partial charge in [0.25, 0.3) is 0 Å². The highest BCUT2D eigenvalue weighted by atomic mass is 35.5. The van der Waals surface area contributed by atoms with Crippen LogP contribution in [0.15, 0.2) is 30.3 Å². The number of hydrogen-bond donors (Lipinski definition) is 1. The van der Waals surface area contributed by atoms with E-state index in [2.05, 4.69) is 54.4 Å². The topological polar surface area (TPSA) is 15.3 Å². The summed E-state index contributed by atoms with van der Waals surface area (Å²) >= 11 is 0. The molecule has 2 nitrogen and oxygen atoms in total. The Hall–Kier alpha value is -0.570. The van der Waals surface area contributed by atoms with Gasteiger partial charge in [-0.15, -0.1) is 12.4 Å². The van der Waals surface area contributed by atoms with E-state index in [-0.39, 0.29) is 12.4 Å². The molecule has 2 saturated heterocycles. The van der Waals surface area contributed by atoms with Gasteiger partial charge in [-0.3, -0.25) is 0 Å². The van der Waals surface area contributed by atoms with Crippen LogP contribution in [0, 0.1) is 5.41 Å². The Balaban J connectivity index is 0.00000161. The maximum absolute atomic E-state index is 3.53. The van der Waals surface area contributed by atoms with E-state index < -0.39 is 0 Å². The van der Waals surface area contributed by atoms with Crippen molar-refractivity contribution in [1.29, 1.82) is 0 Å². The summed E-state index contributed by atoms with van der Waals surface area (Å²) in [6.07, 6.45) is 3.98. The molecule has 2 atom stereocenters. The second-order valence-corrected chi connectivity index (χ2v) is 7.48. The summed E-state index contributed by atoms with van der Waals surface area (Å²) in [6, 6.07) is 11.1. The van der Waals surface area contributed by atoms with E-state index in [1.54, 1.807) is 0 Å². The number of nitrogens with one attached hydrogen (secondary N) is 1. The third kappa shape index (κ3) is 3.80. The Bertz CT molecular complexity index is 442. The Morgan fingerprint density at radius 3 is 2.57 bits per heavy atom. The molecule has 0 aromatic heterocycles. The van der Waals surface area contributed by atoms with Gasteiger partial charge in [-0.2, -0.15) is 0 Å². The van der Waals surface area contributed by atoms with E-state index in [0.717, 1.165) is 0 Å². The molecule has 0 saturated carbocycles. The van der Waals surface area contributed by atoms with Crippen LogP contribution in [0.25, 0.3) is 0 Å². The molecular formula is C18H29ClN2. The van der Waals surface area contributed by atoms with E-state index in [1.165, 1.54) is 57.5 Å². The first-order valence-electron chi connectivity index (χ1n) is 8.08. The van der Waals surface area contributed by atoms with Gasteiger partial charge < -0.3 is 10.2 Å². The fourth-order valence-electron chi connectivity index (χ4n) is 4.10. The lowest BCUT2D eigenvalue weighted by molar-refractivity contribution is 0.109. The lowest BCUT2D eigenvalue weighted by atomic mass is 9.75. The van der Waals surface area contributed by atoms with E-state index in [0.29, 0.717) is 10.8 Å². The molecule has 21 heavy (non-hydrogen) atoms. The zero-order valence-corrected chi connectivity index (χ0v) is 14.2. The highest BCUT2D eigenvalue weighted by Crippen LogP contribution is 2.35. The second kappa shape index (κ2) is 6.68. The summed E-state index contributed by atoms with van der Waals surface area (Å²) in [7, 11) is 0. The maximum Gasteiger partial charge on any atom is 0.00762 e. The van der Waals surface area contributed by atoms with Crippen molar-refractivity contribution < 1.29 is 0 Å². The van der Waals surface area contributed by atoms with Crippen molar-refractivity contribution in [3.63, 3.8) is 0 Å². The van der Waals surface area contributed by atoms with Crippen LogP contribution < -0.4 is 5.32 Å². The Morgan fingerprint density at radius 2 is 1.90 bits per heavy atom. The molecule has 2 aliphatic heterocycles. The largest absolute Gasteiger partial charge is 0.316 e. The number of piperidine rings is 1. The summed E-state index contributed by atoms with van der Waals surface area (Å²) in [6.45, 7) is 11.0. The lowest BCUT2D eigenvalue weighted by Crippen LogP contribution is -2.48. The smallest absolute Gasteiger partial charge is 0.00762 e. The zero-order chi connectivity index (χ0) is 14.1. The minimum absolute atomic E-state index is 0. The monoisotopic (exact) mass is 308 g/mol. The van der Waals surface area contributed by atoms with Crippen molar-refractivity contribution in [3.05, 3.63) is 35.9 Å². The van der Waals surface area contributed by atoms with Crippen molar-refractivity contribution in [2.24, 2.45) is 5.41 Å². The second-order valence-electron chi connectivity index (χ2n) is 7.48. The van der Waals surface area contributed by atoms with Gasteiger partial charge in [0.2, 0.25) is 0 Å². The van der Waals surface area contributed by atoms with Gasteiger partial charge in [-0.05, 0) is 43.3 Å². The molecule has 0 aliphatic carbocycles. The molecule has 2 aliphatic rings. The number of nitrogens with zero attached hydrogens (tertiary/aromatic N) is 1. The average molecular weight is 309 g/mol. The molecule has 1 aromatic carbocycles. The highest BCUT2D eigenvalue weighted by molar-refractivity contribution is 5.85. The van der Waals surface area contributed by atoms with Crippen LogP contribution in [0.3, 0.4) is 0 Å². The molecule has 1 aromatic rings. The average Bonchev–Trinajstić information content (AvgIpc) is 2.86. The van der Waals surface area contributed by atoms with Gasteiger partial charge in [0, 0.05) is 25.0 Å². The Labute approximate surface area is 135 Å². The van der Waals surface area contributed by atoms with Crippen molar-refractivity contribution >= 4 is 12.4 Å². The summed E-state index contributed by atoms with van der Waals surface area (Å²) in [5, 5.41) is 3.53. The minimum atomic E-state index is 0. The summed E-state index contributed by atoms with van der Waals surface area (Å²) in [5.74, 6) is 0. The molecule has 3 heteroatoms. The van der Waals surface area contributed by atoms with Gasteiger partial charge in [0.1, 0.15) is 0 Å². The molecule has 1 N–H and O–H groups in total. The zero-order valence-electron chi connectivity index (χ0n) is 13.4. The SMILES string of the molecule is CC1(CN2CCCC(C)(c3ccccc3)C2)CCNC1.Cl. The first kappa shape index (κ1) is 16.8. The summed E-state index contributed by atoms with van der Waals surface area (Å²) in [5.41, 5.74) is 2.33. The first-order chi connectivity index (χ1) is 9.60. The molecule has 0 spiro atoms. The standard InChI is InChI=1S/C18H28N2.ClH/c1-17(10-11-19-13-17)14-20-12-6-9-18(2,15-20)16-7-4-3-5-8-16;/h3-5,7-8,19H,6,9-15H2,1-2H3;1H. The molecule has 0 amide bonds. The number of hydrogen-bond acceptors (Lipinski definition) is 2. The predicted octanol–water partition coefficient (Wildman–Crippen LogP) is 3.46. The quantitative estimate of drug-likeness (QED) is 0.920. The van der Waals surface area contributed by atoms with Crippen LogP contribution in [-0.4, -0.2) is 37.6 Å². The third-order valence-electron chi connectivity index (χ3n) is 5.31. The van der Waals surface area contributed by atoms with Crippen LogP contribution in [0.1, 0.15) is 38.7 Å². The normalized spacial score (nSPS) is 33.6. The van der Waals surface area contributed by atoms with Crippen LogP contribution in [0.5, 0.6) is 0 Å². The summed E-state index contributed by atoms with van der Waals surface area (Å²) in [4.78, 5) is 2.71. The van der Waals surface area contributed by atoms with Crippen molar-refractivity contribution in [1.82, 2.24) is 10.2 Å². The van der Waals surface area contributed by atoms with Gasteiger partial charge in [-0.25, -0.2) is 0 Å². The van der Waals surface area contributed by atoms with E-state index in [9.17, 15) is 0 Å². The third-order valence-corrected chi connectivity index (χ3v) is 5.31. The molecular weight excluding hydrogens is 280 g/mol. The number of rotatable bonds is 3. The first-order valence-corrected chi connectivity index (χ1v) is 8.08. The van der Waals surface area contributed by atoms with Crippen LogP contribution in [-0.2, 0) is 5.41 Å². The van der Waals surface area contributed by atoms with Gasteiger partial charge in [0.05, 0.1) is 0 Å². The molecule has 2 unspecified atom stereocenters. The fraction of sp³-hybridized carbons (Fsp3) is 0.667. The van der Waals surface area contributed by atoms with Gasteiger partial charge in [-0.1, -0.05) is 44.2 Å².